The van der Waals surface area contributed by atoms with Gasteiger partial charge in [-0.15, -0.1) is 0 Å². The van der Waals surface area contributed by atoms with Gasteiger partial charge in [0.05, 0.1) is 16.8 Å². The minimum absolute atomic E-state index is 0.0971. The van der Waals surface area contributed by atoms with E-state index in [4.69, 9.17) is 11.6 Å². The van der Waals surface area contributed by atoms with E-state index in [-0.39, 0.29) is 4.90 Å². The lowest BCUT2D eigenvalue weighted by Gasteiger charge is -2.09. The van der Waals surface area contributed by atoms with E-state index in [2.05, 4.69) is 20.0 Å². The smallest absolute Gasteiger partial charge is 0.261 e. The zero-order valence-corrected chi connectivity index (χ0v) is 14.6. The molecule has 0 radical (unpaired) electrons. The Morgan fingerprint density at radius 3 is 2.52 bits per heavy atom. The number of pyridine rings is 2. The highest BCUT2D eigenvalue weighted by atomic mass is 35.5. The average molecular weight is 375 g/mol. The first-order valence-corrected chi connectivity index (χ1v) is 9.26. The Bertz CT molecular complexity index is 948. The lowest BCUT2D eigenvalue weighted by molar-refractivity contribution is 0.601. The number of nitrogens with one attached hydrogen (secondary N) is 2. The van der Waals surface area contributed by atoms with Crippen molar-refractivity contribution >= 4 is 33.1 Å². The largest absolute Gasteiger partial charge is 0.366 e. The van der Waals surface area contributed by atoms with Gasteiger partial charge in [-0.05, 0) is 48.0 Å². The lowest BCUT2D eigenvalue weighted by atomic mass is 10.3. The third kappa shape index (κ3) is 4.68. The second-order valence-corrected chi connectivity index (χ2v) is 7.32. The zero-order chi connectivity index (χ0) is 17.7. The van der Waals surface area contributed by atoms with Crippen LogP contribution in [-0.2, 0) is 16.6 Å². The third-order valence-corrected chi connectivity index (χ3v) is 4.96. The van der Waals surface area contributed by atoms with Gasteiger partial charge in [-0.25, -0.2) is 13.4 Å². The van der Waals surface area contributed by atoms with E-state index in [1.54, 1.807) is 36.7 Å². The maximum atomic E-state index is 12.3. The highest BCUT2D eigenvalue weighted by Crippen LogP contribution is 2.19. The Morgan fingerprint density at radius 2 is 1.84 bits per heavy atom. The van der Waals surface area contributed by atoms with Gasteiger partial charge in [0.2, 0.25) is 0 Å². The van der Waals surface area contributed by atoms with Crippen molar-refractivity contribution in [1.82, 2.24) is 9.97 Å². The molecule has 0 fully saturated rings. The zero-order valence-electron chi connectivity index (χ0n) is 13.1. The molecule has 0 unspecified atom stereocenters. The van der Waals surface area contributed by atoms with Crippen LogP contribution in [0.5, 0.6) is 0 Å². The standard InChI is InChI=1S/C17H15ClN4O2S/c18-14-2-1-3-16(10-14)25(23,24)22-15-4-5-17(21-12-15)20-11-13-6-8-19-9-7-13/h1-10,12,22H,11H2,(H,20,21). The third-order valence-electron chi connectivity index (χ3n) is 3.35. The van der Waals surface area contributed by atoms with Gasteiger partial charge in [0.1, 0.15) is 5.82 Å². The number of hydrogen-bond acceptors (Lipinski definition) is 5. The first-order chi connectivity index (χ1) is 12.0. The van der Waals surface area contributed by atoms with E-state index >= 15 is 0 Å². The fourth-order valence-electron chi connectivity index (χ4n) is 2.10. The van der Waals surface area contributed by atoms with Crippen LogP contribution in [0.25, 0.3) is 0 Å². The second kappa shape index (κ2) is 7.50. The maximum Gasteiger partial charge on any atom is 0.261 e. The Hall–Kier alpha value is -2.64. The summed E-state index contributed by atoms with van der Waals surface area (Å²) in [6.07, 6.45) is 4.90. The summed E-state index contributed by atoms with van der Waals surface area (Å²) in [6.45, 7) is 0.600. The summed E-state index contributed by atoms with van der Waals surface area (Å²) >= 11 is 5.84. The molecule has 0 bridgehead atoms. The van der Waals surface area contributed by atoms with Gasteiger partial charge >= 0.3 is 0 Å². The van der Waals surface area contributed by atoms with E-state index in [0.29, 0.717) is 23.1 Å². The molecule has 0 aliphatic heterocycles. The highest BCUT2D eigenvalue weighted by molar-refractivity contribution is 7.92. The molecule has 3 rings (SSSR count). The van der Waals surface area contributed by atoms with Gasteiger partial charge < -0.3 is 5.32 Å². The van der Waals surface area contributed by atoms with Crippen molar-refractivity contribution in [2.24, 2.45) is 0 Å². The van der Waals surface area contributed by atoms with Crippen LogP contribution in [0.1, 0.15) is 5.56 Å². The number of rotatable bonds is 6. The van der Waals surface area contributed by atoms with Gasteiger partial charge in [-0.2, -0.15) is 0 Å². The van der Waals surface area contributed by atoms with Crippen LogP contribution < -0.4 is 10.0 Å². The van der Waals surface area contributed by atoms with Crippen molar-refractivity contribution in [3.8, 4) is 0 Å². The number of hydrogen-bond donors (Lipinski definition) is 2. The number of aromatic nitrogens is 2. The average Bonchev–Trinajstić information content (AvgIpc) is 2.62. The highest BCUT2D eigenvalue weighted by Gasteiger charge is 2.14. The fourth-order valence-corrected chi connectivity index (χ4v) is 3.44. The van der Waals surface area contributed by atoms with Gasteiger partial charge in [-0.1, -0.05) is 17.7 Å². The van der Waals surface area contributed by atoms with E-state index in [1.807, 2.05) is 12.1 Å². The van der Waals surface area contributed by atoms with E-state index in [0.717, 1.165) is 5.56 Å². The second-order valence-electron chi connectivity index (χ2n) is 5.20. The number of sulfonamides is 1. The number of anilines is 2. The molecule has 6 nitrogen and oxygen atoms in total. The molecule has 0 saturated heterocycles. The van der Waals surface area contributed by atoms with Gasteiger partial charge in [0, 0.05) is 24.0 Å². The summed E-state index contributed by atoms with van der Waals surface area (Å²) in [7, 11) is -3.71. The summed E-state index contributed by atoms with van der Waals surface area (Å²) < 4.78 is 27.1. The Kier molecular flexibility index (Phi) is 5.16. The minimum Gasteiger partial charge on any atom is -0.366 e. The predicted molar refractivity (Wildman–Crippen MR) is 98.1 cm³/mol. The van der Waals surface area contributed by atoms with Crippen molar-refractivity contribution in [3.05, 3.63) is 77.7 Å². The van der Waals surface area contributed by atoms with Crippen LogP contribution in [-0.4, -0.2) is 18.4 Å². The molecule has 0 amide bonds. The maximum absolute atomic E-state index is 12.3. The Balaban J connectivity index is 1.66. The number of benzene rings is 1. The monoisotopic (exact) mass is 374 g/mol. The number of halogens is 1. The quantitative estimate of drug-likeness (QED) is 0.689. The molecule has 1 aromatic carbocycles. The van der Waals surface area contributed by atoms with Crippen LogP contribution in [0, 0.1) is 0 Å². The lowest BCUT2D eigenvalue weighted by Crippen LogP contribution is -2.13. The van der Waals surface area contributed by atoms with Crippen LogP contribution in [0.2, 0.25) is 5.02 Å². The van der Waals surface area contributed by atoms with Crippen molar-refractivity contribution < 1.29 is 8.42 Å². The molecule has 2 N–H and O–H groups in total. The first-order valence-electron chi connectivity index (χ1n) is 7.40. The fraction of sp³-hybridized carbons (Fsp3) is 0.0588. The van der Waals surface area contributed by atoms with Crippen LogP contribution in [0.4, 0.5) is 11.5 Å². The summed E-state index contributed by atoms with van der Waals surface area (Å²) in [6, 6.07) is 13.2. The minimum atomic E-state index is -3.71. The van der Waals surface area contributed by atoms with Crippen molar-refractivity contribution in [2.75, 3.05) is 10.0 Å². The molecule has 0 aliphatic rings. The Labute approximate surface area is 151 Å². The molecular formula is C17H15ClN4O2S. The van der Waals surface area contributed by atoms with Gasteiger partial charge in [0.15, 0.2) is 0 Å². The normalized spacial score (nSPS) is 11.1. The van der Waals surface area contributed by atoms with E-state index in [9.17, 15) is 8.42 Å². The van der Waals surface area contributed by atoms with Crippen molar-refractivity contribution in [1.29, 1.82) is 0 Å². The molecule has 2 aromatic heterocycles. The molecule has 0 spiro atoms. The molecule has 3 aromatic rings. The molecule has 0 aliphatic carbocycles. The summed E-state index contributed by atoms with van der Waals surface area (Å²) in [5.74, 6) is 0.641. The molecule has 0 saturated carbocycles. The summed E-state index contributed by atoms with van der Waals surface area (Å²) in [4.78, 5) is 8.27. The molecule has 25 heavy (non-hydrogen) atoms. The SMILES string of the molecule is O=S(=O)(Nc1ccc(NCc2ccncc2)nc1)c1cccc(Cl)c1. The Morgan fingerprint density at radius 1 is 1.04 bits per heavy atom. The van der Waals surface area contributed by atoms with Crippen LogP contribution >= 0.6 is 11.6 Å². The van der Waals surface area contributed by atoms with Crippen LogP contribution in [0.3, 0.4) is 0 Å². The van der Waals surface area contributed by atoms with Crippen molar-refractivity contribution in [3.63, 3.8) is 0 Å². The predicted octanol–water partition coefficient (Wildman–Crippen LogP) is 3.54. The van der Waals surface area contributed by atoms with E-state index < -0.39 is 10.0 Å². The molecular weight excluding hydrogens is 360 g/mol. The number of nitrogens with zero attached hydrogens (tertiary/aromatic N) is 2. The van der Waals surface area contributed by atoms with Crippen LogP contribution in [0.15, 0.2) is 72.0 Å². The summed E-state index contributed by atoms with van der Waals surface area (Å²) in [5, 5.41) is 3.51. The molecule has 8 heteroatoms. The first kappa shape index (κ1) is 17.2. The van der Waals surface area contributed by atoms with Gasteiger partial charge in [-0.3, -0.25) is 9.71 Å². The van der Waals surface area contributed by atoms with Gasteiger partial charge in [0.25, 0.3) is 10.0 Å². The molecule has 0 atom stereocenters. The molecule has 2 heterocycles. The molecule has 128 valence electrons. The van der Waals surface area contributed by atoms with E-state index in [1.165, 1.54) is 18.3 Å². The van der Waals surface area contributed by atoms with Crippen molar-refractivity contribution in [2.45, 2.75) is 11.4 Å². The summed E-state index contributed by atoms with van der Waals surface area (Å²) in [5.41, 5.74) is 1.44. The topological polar surface area (TPSA) is 84.0 Å².